The van der Waals surface area contributed by atoms with Crippen molar-refractivity contribution < 1.29 is 0 Å². The number of aromatic nitrogens is 1. The molecule has 0 saturated carbocycles. The maximum Gasteiger partial charge on any atom is 0.0689 e. The standard InChI is InChI=1S/C10H16N2/c1-7-5-6-8(11)9(12-7)10(2,3)4/h5-6H,11H2,1-4H3. The number of anilines is 1. The minimum absolute atomic E-state index is 0.0378. The van der Waals surface area contributed by atoms with Crippen LogP contribution in [0.1, 0.15) is 32.2 Å². The summed E-state index contributed by atoms with van der Waals surface area (Å²) in [6.07, 6.45) is 0. The van der Waals surface area contributed by atoms with Gasteiger partial charge >= 0.3 is 0 Å². The van der Waals surface area contributed by atoms with Crippen molar-refractivity contribution in [2.45, 2.75) is 33.1 Å². The highest BCUT2D eigenvalue weighted by Crippen LogP contribution is 2.25. The van der Waals surface area contributed by atoms with E-state index in [4.69, 9.17) is 5.73 Å². The SMILES string of the molecule is Cc1ccc(N)c(C(C)(C)C)n1. The number of nitrogens with two attached hydrogens (primary N) is 1. The Bertz CT molecular complexity index is 284. The van der Waals surface area contributed by atoms with E-state index in [2.05, 4.69) is 25.8 Å². The molecular formula is C10H16N2. The zero-order valence-corrected chi connectivity index (χ0v) is 8.18. The molecule has 66 valence electrons. The quantitative estimate of drug-likeness (QED) is 0.638. The summed E-state index contributed by atoms with van der Waals surface area (Å²) in [6, 6.07) is 3.85. The van der Waals surface area contributed by atoms with Crippen LogP contribution in [0.25, 0.3) is 0 Å². The Morgan fingerprint density at radius 3 is 2.25 bits per heavy atom. The van der Waals surface area contributed by atoms with E-state index in [1.165, 1.54) is 0 Å². The van der Waals surface area contributed by atoms with Crippen LogP contribution in [0.5, 0.6) is 0 Å². The zero-order valence-electron chi connectivity index (χ0n) is 8.18. The third-order valence-electron chi connectivity index (χ3n) is 1.78. The highest BCUT2D eigenvalue weighted by atomic mass is 14.8. The molecule has 0 aliphatic rings. The van der Waals surface area contributed by atoms with Crippen molar-refractivity contribution in [3.63, 3.8) is 0 Å². The first-order valence-corrected chi connectivity index (χ1v) is 4.15. The van der Waals surface area contributed by atoms with Crippen molar-refractivity contribution in [2.24, 2.45) is 0 Å². The molecule has 0 aliphatic carbocycles. The lowest BCUT2D eigenvalue weighted by molar-refractivity contribution is 0.570. The summed E-state index contributed by atoms with van der Waals surface area (Å²) in [6.45, 7) is 8.33. The first-order valence-electron chi connectivity index (χ1n) is 4.15. The Morgan fingerprint density at radius 1 is 1.25 bits per heavy atom. The molecule has 0 radical (unpaired) electrons. The van der Waals surface area contributed by atoms with Crippen LogP contribution in [0.4, 0.5) is 5.69 Å². The van der Waals surface area contributed by atoms with Crippen LogP contribution in [-0.4, -0.2) is 4.98 Å². The molecule has 1 aromatic heterocycles. The first kappa shape index (κ1) is 9.04. The average molecular weight is 164 g/mol. The monoisotopic (exact) mass is 164 g/mol. The number of hydrogen-bond acceptors (Lipinski definition) is 2. The Kier molecular flexibility index (Phi) is 2.09. The molecule has 0 amide bonds. The summed E-state index contributed by atoms with van der Waals surface area (Å²) in [5.41, 5.74) is 8.65. The van der Waals surface area contributed by atoms with Crippen LogP contribution in [0.3, 0.4) is 0 Å². The highest BCUT2D eigenvalue weighted by molar-refractivity contribution is 5.46. The molecule has 12 heavy (non-hydrogen) atoms. The molecule has 2 N–H and O–H groups in total. The third kappa shape index (κ3) is 1.76. The van der Waals surface area contributed by atoms with E-state index in [1.807, 2.05) is 19.1 Å². The molecule has 1 heterocycles. The van der Waals surface area contributed by atoms with Gasteiger partial charge in [-0.3, -0.25) is 4.98 Å². The van der Waals surface area contributed by atoms with Gasteiger partial charge in [0.25, 0.3) is 0 Å². The number of aryl methyl sites for hydroxylation is 1. The molecule has 0 bridgehead atoms. The summed E-state index contributed by atoms with van der Waals surface area (Å²) in [7, 11) is 0. The molecule has 0 fully saturated rings. The van der Waals surface area contributed by atoms with Crippen molar-refractivity contribution in [3.05, 3.63) is 23.5 Å². The fourth-order valence-corrected chi connectivity index (χ4v) is 1.17. The lowest BCUT2D eigenvalue weighted by Crippen LogP contribution is -2.16. The van der Waals surface area contributed by atoms with Gasteiger partial charge in [0, 0.05) is 11.1 Å². The fraction of sp³-hybridized carbons (Fsp3) is 0.500. The molecular weight excluding hydrogens is 148 g/mol. The topological polar surface area (TPSA) is 38.9 Å². The second-order valence-corrected chi connectivity index (χ2v) is 4.14. The lowest BCUT2D eigenvalue weighted by atomic mass is 9.90. The Labute approximate surface area is 73.8 Å². The van der Waals surface area contributed by atoms with E-state index >= 15 is 0 Å². The van der Waals surface area contributed by atoms with Gasteiger partial charge in [-0.2, -0.15) is 0 Å². The fourth-order valence-electron chi connectivity index (χ4n) is 1.17. The second kappa shape index (κ2) is 2.77. The Morgan fingerprint density at radius 2 is 1.83 bits per heavy atom. The maximum absolute atomic E-state index is 5.81. The van der Waals surface area contributed by atoms with Crippen molar-refractivity contribution in [2.75, 3.05) is 5.73 Å². The predicted octanol–water partition coefficient (Wildman–Crippen LogP) is 2.27. The predicted molar refractivity (Wildman–Crippen MR) is 52.1 cm³/mol. The van der Waals surface area contributed by atoms with Gasteiger partial charge in [0.1, 0.15) is 0 Å². The second-order valence-electron chi connectivity index (χ2n) is 4.14. The summed E-state index contributed by atoms with van der Waals surface area (Å²) >= 11 is 0. The van der Waals surface area contributed by atoms with E-state index in [9.17, 15) is 0 Å². The van der Waals surface area contributed by atoms with Crippen LogP contribution in [0.15, 0.2) is 12.1 Å². The lowest BCUT2D eigenvalue weighted by Gasteiger charge is -2.19. The van der Waals surface area contributed by atoms with Gasteiger partial charge in [0.2, 0.25) is 0 Å². The van der Waals surface area contributed by atoms with Gasteiger partial charge in [-0.25, -0.2) is 0 Å². The van der Waals surface area contributed by atoms with Crippen molar-refractivity contribution >= 4 is 5.69 Å². The number of nitrogen functional groups attached to an aromatic ring is 1. The third-order valence-corrected chi connectivity index (χ3v) is 1.78. The molecule has 0 saturated heterocycles. The smallest absolute Gasteiger partial charge is 0.0689 e. The first-order chi connectivity index (χ1) is 5.41. The zero-order chi connectivity index (χ0) is 9.35. The van der Waals surface area contributed by atoms with E-state index in [0.29, 0.717) is 0 Å². The summed E-state index contributed by atoms with van der Waals surface area (Å²) in [5.74, 6) is 0. The molecule has 0 unspecified atom stereocenters. The average Bonchev–Trinajstić information content (AvgIpc) is 1.92. The highest BCUT2D eigenvalue weighted by Gasteiger charge is 2.18. The largest absolute Gasteiger partial charge is 0.397 e. The minimum atomic E-state index is 0.0378. The van der Waals surface area contributed by atoms with E-state index in [-0.39, 0.29) is 5.41 Å². The van der Waals surface area contributed by atoms with Crippen molar-refractivity contribution in [1.29, 1.82) is 0 Å². The summed E-state index contributed by atoms with van der Waals surface area (Å²) in [5, 5.41) is 0. The van der Waals surface area contributed by atoms with Crippen LogP contribution in [0, 0.1) is 6.92 Å². The van der Waals surface area contributed by atoms with Gasteiger partial charge in [-0.1, -0.05) is 20.8 Å². The van der Waals surface area contributed by atoms with Crippen molar-refractivity contribution in [3.8, 4) is 0 Å². The molecule has 0 aliphatic heterocycles. The van der Waals surface area contributed by atoms with Crippen molar-refractivity contribution in [1.82, 2.24) is 4.98 Å². The van der Waals surface area contributed by atoms with Crippen LogP contribution < -0.4 is 5.73 Å². The van der Waals surface area contributed by atoms with Gasteiger partial charge in [-0.05, 0) is 19.1 Å². The Balaban J connectivity index is 3.23. The number of hydrogen-bond donors (Lipinski definition) is 1. The maximum atomic E-state index is 5.81. The molecule has 2 nitrogen and oxygen atoms in total. The van der Waals surface area contributed by atoms with Gasteiger partial charge in [0.15, 0.2) is 0 Å². The summed E-state index contributed by atoms with van der Waals surface area (Å²) < 4.78 is 0. The van der Waals surface area contributed by atoms with Crippen LogP contribution in [-0.2, 0) is 5.41 Å². The number of rotatable bonds is 0. The molecule has 2 heteroatoms. The molecule has 0 atom stereocenters. The molecule has 1 aromatic rings. The summed E-state index contributed by atoms with van der Waals surface area (Å²) in [4.78, 5) is 4.42. The minimum Gasteiger partial charge on any atom is -0.397 e. The Hall–Kier alpha value is -1.05. The van der Waals surface area contributed by atoms with E-state index < -0.39 is 0 Å². The van der Waals surface area contributed by atoms with Crippen LogP contribution >= 0.6 is 0 Å². The molecule has 0 spiro atoms. The number of nitrogens with zero attached hydrogens (tertiary/aromatic N) is 1. The number of pyridine rings is 1. The van der Waals surface area contributed by atoms with Gasteiger partial charge in [0.05, 0.1) is 11.4 Å². The van der Waals surface area contributed by atoms with Crippen LogP contribution in [0.2, 0.25) is 0 Å². The van der Waals surface area contributed by atoms with E-state index in [0.717, 1.165) is 17.1 Å². The van der Waals surface area contributed by atoms with Gasteiger partial charge < -0.3 is 5.73 Å². The van der Waals surface area contributed by atoms with E-state index in [1.54, 1.807) is 0 Å². The normalized spacial score (nSPS) is 11.7. The molecule has 1 rings (SSSR count). The molecule has 0 aromatic carbocycles. The van der Waals surface area contributed by atoms with Gasteiger partial charge in [-0.15, -0.1) is 0 Å².